The van der Waals surface area contributed by atoms with Crippen LogP contribution in [0, 0.1) is 0 Å². The van der Waals surface area contributed by atoms with E-state index in [1.54, 1.807) is 0 Å². The Morgan fingerprint density at radius 2 is 1.85 bits per heavy atom. The van der Waals surface area contributed by atoms with Gasteiger partial charge in [0.1, 0.15) is 0 Å². The molecular formula is C23H29N3. The monoisotopic (exact) mass is 347 g/mol. The SMILES string of the molecule is C1=C\CCCNC(CCc2nccc3c2[nH]c2ccccc23)CCCC/1. The molecule has 0 fully saturated rings. The first-order valence-corrected chi connectivity index (χ1v) is 10.1. The van der Waals surface area contributed by atoms with Crippen molar-refractivity contribution >= 4 is 21.8 Å². The third kappa shape index (κ3) is 3.99. The first kappa shape index (κ1) is 17.3. The minimum atomic E-state index is 0.606. The number of aromatic amines is 1. The topological polar surface area (TPSA) is 40.7 Å². The number of benzene rings is 1. The van der Waals surface area contributed by atoms with E-state index in [9.17, 15) is 0 Å². The maximum Gasteiger partial charge on any atom is 0.0684 e. The van der Waals surface area contributed by atoms with Crippen LogP contribution in [0.25, 0.3) is 21.8 Å². The molecular weight excluding hydrogens is 318 g/mol. The molecule has 1 atom stereocenters. The second-order valence-electron chi connectivity index (χ2n) is 7.44. The van der Waals surface area contributed by atoms with E-state index >= 15 is 0 Å². The van der Waals surface area contributed by atoms with Crippen LogP contribution in [0.15, 0.2) is 48.7 Å². The Hall–Kier alpha value is -2.13. The molecule has 0 saturated carbocycles. The number of aryl methyl sites for hydroxylation is 1. The molecule has 0 spiro atoms. The Bertz CT molecular complexity index is 863. The number of allylic oxidation sites excluding steroid dienone is 2. The van der Waals surface area contributed by atoms with Gasteiger partial charge in [-0.25, -0.2) is 0 Å². The minimum absolute atomic E-state index is 0.606. The Morgan fingerprint density at radius 3 is 2.81 bits per heavy atom. The lowest BCUT2D eigenvalue weighted by atomic mass is 10.0. The smallest absolute Gasteiger partial charge is 0.0684 e. The van der Waals surface area contributed by atoms with Gasteiger partial charge in [-0.05, 0) is 63.6 Å². The zero-order valence-corrected chi connectivity index (χ0v) is 15.5. The van der Waals surface area contributed by atoms with E-state index in [0.29, 0.717) is 6.04 Å². The van der Waals surface area contributed by atoms with E-state index in [-0.39, 0.29) is 0 Å². The standard InChI is InChI=1S/C23H29N3/c1-2-4-6-10-18(24-16-9-5-3-1)13-14-22-23-20(15-17-25-22)19-11-7-8-12-21(19)26-23/h1,3,7-8,11-12,15,17-18,24,26H,2,4-6,9-10,13-14,16H2/b3-1-. The number of hydrogen-bond donors (Lipinski definition) is 2. The van der Waals surface area contributed by atoms with Gasteiger partial charge in [0.15, 0.2) is 0 Å². The van der Waals surface area contributed by atoms with Gasteiger partial charge in [0.05, 0.1) is 11.2 Å². The predicted octanol–water partition coefficient (Wildman–Crippen LogP) is 5.52. The Kier molecular flexibility index (Phi) is 5.65. The van der Waals surface area contributed by atoms with Crippen molar-refractivity contribution in [3.63, 3.8) is 0 Å². The molecule has 1 unspecified atom stereocenters. The Labute approximate surface area is 155 Å². The summed E-state index contributed by atoms with van der Waals surface area (Å²) >= 11 is 0. The first-order chi connectivity index (χ1) is 12.9. The molecule has 0 radical (unpaired) electrons. The van der Waals surface area contributed by atoms with Crippen molar-refractivity contribution in [2.24, 2.45) is 0 Å². The second kappa shape index (κ2) is 8.50. The van der Waals surface area contributed by atoms with Gasteiger partial charge >= 0.3 is 0 Å². The molecule has 0 amide bonds. The first-order valence-electron chi connectivity index (χ1n) is 10.1. The second-order valence-corrected chi connectivity index (χ2v) is 7.44. The molecule has 0 bridgehead atoms. The fourth-order valence-electron chi connectivity index (χ4n) is 4.09. The number of para-hydroxylation sites is 1. The number of aromatic nitrogens is 2. The molecule has 2 aromatic heterocycles. The summed E-state index contributed by atoms with van der Waals surface area (Å²) in [5.74, 6) is 0. The number of H-pyrrole nitrogens is 1. The van der Waals surface area contributed by atoms with Crippen molar-refractivity contribution in [1.82, 2.24) is 15.3 Å². The summed E-state index contributed by atoms with van der Waals surface area (Å²) in [5, 5.41) is 6.39. The van der Waals surface area contributed by atoms with Crippen molar-refractivity contribution in [2.75, 3.05) is 6.54 Å². The molecule has 2 N–H and O–H groups in total. The summed E-state index contributed by atoms with van der Waals surface area (Å²) in [6.45, 7) is 1.12. The summed E-state index contributed by atoms with van der Waals surface area (Å²) in [6, 6.07) is 11.3. The molecule has 1 aromatic carbocycles. The number of fused-ring (bicyclic) bond motifs is 3. The molecule has 3 heterocycles. The highest BCUT2D eigenvalue weighted by Gasteiger charge is 2.12. The molecule has 0 saturated heterocycles. The third-order valence-electron chi connectivity index (χ3n) is 5.56. The molecule has 3 nitrogen and oxygen atoms in total. The van der Waals surface area contributed by atoms with Crippen molar-refractivity contribution in [1.29, 1.82) is 0 Å². The molecule has 1 aliphatic heterocycles. The van der Waals surface area contributed by atoms with Crippen LogP contribution in [0.2, 0.25) is 0 Å². The summed E-state index contributed by atoms with van der Waals surface area (Å²) in [4.78, 5) is 8.30. The van der Waals surface area contributed by atoms with Crippen molar-refractivity contribution in [3.8, 4) is 0 Å². The van der Waals surface area contributed by atoms with Gasteiger partial charge in [-0.1, -0.05) is 36.8 Å². The van der Waals surface area contributed by atoms with E-state index < -0.39 is 0 Å². The lowest BCUT2D eigenvalue weighted by Gasteiger charge is -2.18. The molecule has 0 aliphatic carbocycles. The Balaban J connectivity index is 1.48. The number of hydrogen-bond acceptors (Lipinski definition) is 2. The maximum absolute atomic E-state index is 4.71. The van der Waals surface area contributed by atoms with Crippen molar-refractivity contribution in [2.45, 2.75) is 57.4 Å². The number of pyridine rings is 1. The van der Waals surface area contributed by atoms with Gasteiger partial charge in [-0.2, -0.15) is 0 Å². The average Bonchev–Trinajstić information content (AvgIpc) is 3.03. The van der Waals surface area contributed by atoms with E-state index in [4.69, 9.17) is 4.98 Å². The fraction of sp³-hybridized carbons (Fsp3) is 0.435. The van der Waals surface area contributed by atoms with Gasteiger partial charge in [0.25, 0.3) is 0 Å². The van der Waals surface area contributed by atoms with Gasteiger partial charge in [0, 0.05) is 28.5 Å². The van der Waals surface area contributed by atoms with Crippen LogP contribution in [0.5, 0.6) is 0 Å². The number of nitrogens with zero attached hydrogens (tertiary/aromatic N) is 1. The third-order valence-corrected chi connectivity index (χ3v) is 5.56. The lowest BCUT2D eigenvalue weighted by Crippen LogP contribution is -2.30. The maximum atomic E-state index is 4.71. The zero-order chi connectivity index (χ0) is 17.6. The van der Waals surface area contributed by atoms with E-state index in [2.05, 4.69) is 52.8 Å². The summed E-state index contributed by atoms with van der Waals surface area (Å²) < 4.78 is 0. The fourth-order valence-corrected chi connectivity index (χ4v) is 4.09. The van der Waals surface area contributed by atoms with Crippen LogP contribution >= 0.6 is 0 Å². The van der Waals surface area contributed by atoms with Crippen LogP contribution in [0.1, 0.15) is 50.6 Å². The molecule has 136 valence electrons. The molecule has 26 heavy (non-hydrogen) atoms. The van der Waals surface area contributed by atoms with Crippen LogP contribution in [0.4, 0.5) is 0 Å². The Morgan fingerprint density at radius 1 is 0.962 bits per heavy atom. The molecule has 3 aromatic rings. The highest BCUT2D eigenvalue weighted by Crippen LogP contribution is 2.27. The highest BCUT2D eigenvalue weighted by molar-refractivity contribution is 6.07. The quantitative estimate of drug-likeness (QED) is 0.613. The summed E-state index contributed by atoms with van der Waals surface area (Å²) in [5.41, 5.74) is 3.63. The van der Waals surface area contributed by atoms with Crippen LogP contribution < -0.4 is 5.32 Å². The van der Waals surface area contributed by atoms with E-state index in [1.165, 1.54) is 66.0 Å². The normalized spacial score (nSPS) is 20.8. The zero-order valence-electron chi connectivity index (χ0n) is 15.5. The van der Waals surface area contributed by atoms with Crippen LogP contribution in [-0.2, 0) is 6.42 Å². The van der Waals surface area contributed by atoms with E-state index in [1.807, 2.05) is 6.20 Å². The lowest BCUT2D eigenvalue weighted by molar-refractivity contribution is 0.434. The summed E-state index contributed by atoms with van der Waals surface area (Å²) in [7, 11) is 0. The minimum Gasteiger partial charge on any atom is -0.353 e. The van der Waals surface area contributed by atoms with Crippen molar-refractivity contribution < 1.29 is 0 Å². The average molecular weight is 348 g/mol. The molecule has 4 rings (SSSR count). The summed E-state index contributed by atoms with van der Waals surface area (Å²) in [6.07, 6.45) is 16.4. The van der Waals surface area contributed by atoms with Gasteiger partial charge in [-0.15, -0.1) is 0 Å². The van der Waals surface area contributed by atoms with Gasteiger partial charge < -0.3 is 10.3 Å². The molecule has 1 aliphatic rings. The predicted molar refractivity (Wildman–Crippen MR) is 111 cm³/mol. The number of nitrogens with one attached hydrogen (secondary N) is 2. The highest BCUT2D eigenvalue weighted by atomic mass is 14.9. The largest absolute Gasteiger partial charge is 0.353 e. The van der Waals surface area contributed by atoms with Crippen molar-refractivity contribution in [3.05, 3.63) is 54.4 Å². The van der Waals surface area contributed by atoms with Crippen LogP contribution in [0.3, 0.4) is 0 Å². The number of rotatable bonds is 3. The van der Waals surface area contributed by atoms with Gasteiger partial charge in [0.2, 0.25) is 0 Å². The molecule has 3 heteroatoms. The van der Waals surface area contributed by atoms with Crippen LogP contribution in [-0.4, -0.2) is 22.6 Å². The van der Waals surface area contributed by atoms with E-state index in [0.717, 1.165) is 19.4 Å². The van der Waals surface area contributed by atoms with Gasteiger partial charge in [-0.3, -0.25) is 4.98 Å².